The third kappa shape index (κ3) is 3.50. The first-order valence-electron chi connectivity index (χ1n) is 6.08. The van der Waals surface area contributed by atoms with Crippen LogP contribution in [-0.4, -0.2) is 12.5 Å². The molecule has 0 spiro atoms. The van der Waals surface area contributed by atoms with Crippen LogP contribution in [0.1, 0.15) is 36.0 Å². The summed E-state index contributed by atoms with van der Waals surface area (Å²) in [5, 5.41) is 3.81. The average molecular weight is 284 g/mol. The van der Waals surface area contributed by atoms with E-state index in [4.69, 9.17) is 23.2 Å². The van der Waals surface area contributed by atoms with Crippen LogP contribution in [0.25, 0.3) is 0 Å². The Morgan fingerprint density at radius 2 is 2.11 bits per heavy atom. The number of amides is 1. The number of hydrogen-bond donors (Lipinski definition) is 1. The first-order valence-corrected chi connectivity index (χ1v) is 6.83. The van der Waals surface area contributed by atoms with E-state index in [-0.39, 0.29) is 5.91 Å². The molecule has 0 atom stereocenters. The molecule has 0 unspecified atom stereocenters. The molecular weight excluding hydrogens is 269 g/mol. The summed E-state index contributed by atoms with van der Waals surface area (Å²) in [4.78, 5) is 12.0. The predicted molar refractivity (Wildman–Crippen MR) is 75.3 cm³/mol. The molecule has 18 heavy (non-hydrogen) atoms. The number of halogens is 2. The van der Waals surface area contributed by atoms with E-state index in [0.29, 0.717) is 22.2 Å². The van der Waals surface area contributed by atoms with Gasteiger partial charge in [0.25, 0.3) is 5.91 Å². The molecule has 1 aromatic carbocycles. The molecule has 0 radical (unpaired) electrons. The van der Waals surface area contributed by atoms with Crippen molar-refractivity contribution in [3.8, 4) is 0 Å². The van der Waals surface area contributed by atoms with Gasteiger partial charge in [0.15, 0.2) is 0 Å². The van der Waals surface area contributed by atoms with Gasteiger partial charge in [0.05, 0.1) is 10.6 Å². The average Bonchev–Trinajstić information content (AvgIpc) is 2.37. The lowest BCUT2D eigenvalue weighted by molar-refractivity contribution is 0.0957. The Labute approximate surface area is 117 Å². The molecule has 0 saturated carbocycles. The molecule has 2 rings (SSSR count). The fourth-order valence-electron chi connectivity index (χ4n) is 2.03. The highest BCUT2D eigenvalue weighted by Crippen LogP contribution is 2.21. The number of benzene rings is 1. The highest BCUT2D eigenvalue weighted by Gasteiger charge is 2.11. The Kier molecular flexibility index (Phi) is 4.67. The van der Waals surface area contributed by atoms with Gasteiger partial charge in [0.1, 0.15) is 0 Å². The highest BCUT2D eigenvalue weighted by atomic mass is 35.5. The first kappa shape index (κ1) is 13.4. The third-order valence-electron chi connectivity index (χ3n) is 3.04. The molecule has 0 aromatic heterocycles. The number of carbonyl (C=O) groups is 1. The molecule has 1 aliphatic rings. The van der Waals surface area contributed by atoms with Crippen LogP contribution in [0.15, 0.2) is 29.8 Å². The maximum atomic E-state index is 12.0. The zero-order valence-corrected chi connectivity index (χ0v) is 11.5. The minimum Gasteiger partial charge on any atom is -0.348 e. The van der Waals surface area contributed by atoms with Crippen molar-refractivity contribution in [2.24, 2.45) is 0 Å². The molecule has 0 aliphatic heterocycles. The second kappa shape index (κ2) is 6.26. The second-order valence-corrected chi connectivity index (χ2v) is 5.26. The molecule has 0 fully saturated rings. The smallest absolute Gasteiger partial charge is 0.253 e. The van der Waals surface area contributed by atoms with Crippen molar-refractivity contribution < 1.29 is 4.79 Å². The van der Waals surface area contributed by atoms with Crippen molar-refractivity contribution >= 4 is 29.1 Å². The Hall–Kier alpha value is -0.990. The fourth-order valence-corrected chi connectivity index (χ4v) is 2.52. The topological polar surface area (TPSA) is 29.1 Å². The molecule has 1 N–H and O–H groups in total. The zero-order valence-electron chi connectivity index (χ0n) is 10.0. The number of nitrogens with one attached hydrogen (secondary N) is 1. The molecule has 0 heterocycles. The van der Waals surface area contributed by atoms with Crippen LogP contribution in [0.3, 0.4) is 0 Å². The number of hydrogen-bond acceptors (Lipinski definition) is 1. The van der Waals surface area contributed by atoms with Gasteiger partial charge in [-0.25, -0.2) is 0 Å². The van der Waals surface area contributed by atoms with Gasteiger partial charge in [-0.05, 0) is 43.9 Å². The normalized spacial score (nSPS) is 15.1. The molecule has 1 aromatic rings. The van der Waals surface area contributed by atoms with Crippen LogP contribution >= 0.6 is 23.2 Å². The van der Waals surface area contributed by atoms with E-state index in [1.54, 1.807) is 18.2 Å². The molecular formula is C14H15Cl2NO. The van der Waals surface area contributed by atoms with Crippen molar-refractivity contribution in [2.75, 3.05) is 6.54 Å². The Balaban J connectivity index is 1.97. The van der Waals surface area contributed by atoms with E-state index in [2.05, 4.69) is 11.4 Å². The van der Waals surface area contributed by atoms with E-state index in [1.807, 2.05) is 0 Å². The van der Waals surface area contributed by atoms with Crippen LogP contribution in [0, 0.1) is 0 Å². The van der Waals surface area contributed by atoms with Crippen molar-refractivity contribution in [3.63, 3.8) is 0 Å². The summed E-state index contributed by atoms with van der Waals surface area (Å²) in [6.45, 7) is 0.609. The van der Waals surface area contributed by atoms with Gasteiger partial charge in [-0.3, -0.25) is 4.79 Å². The molecule has 0 saturated heterocycles. The maximum Gasteiger partial charge on any atom is 0.253 e. The minimum atomic E-state index is -0.150. The maximum absolute atomic E-state index is 12.0. The van der Waals surface area contributed by atoms with Gasteiger partial charge in [0, 0.05) is 11.6 Å². The molecule has 96 valence electrons. The largest absolute Gasteiger partial charge is 0.348 e. The molecule has 1 amide bonds. The van der Waals surface area contributed by atoms with Crippen LogP contribution in [0.5, 0.6) is 0 Å². The van der Waals surface area contributed by atoms with Crippen molar-refractivity contribution in [1.82, 2.24) is 5.32 Å². The molecule has 1 aliphatic carbocycles. The molecule has 2 nitrogen and oxygen atoms in total. The summed E-state index contributed by atoms with van der Waals surface area (Å²) >= 11 is 11.8. The van der Waals surface area contributed by atoms with E-state index >= 15 is 0 Å². The van der Waals surface area contributed by atoms with Gasteiger partial charge < -0.3 is 5.32 Å². The first-order chi connectivity index (χ1) is 8.66. The summed E-state index contributed by atoms with van der Waals surface area (Å²) in [7, 11) is 0. The fraction of sp³-hybridized carbons (Fsp3) is 0.357. The second-order valence-electron chi connectivity index (χ2n) is 4.42. The van der Waals surface area contributed by atoms with Gasteiger partial charge in [-0.15, -0.1) is 0 Å². The van der Waals surface area contributed by atoms with E-state index < -0.39 is 0 Å². The van der Waals surface area contributed by atoms with Gasteiger partial charge in [-0.2, -0.15) is 0 Å². The summed E-state index contributed by atoms with van der Waals surface area (Å²) in [6.07, 6.45) is 6.87. The Morgan fingerprint density at radius 1 is 1.28 bits per heavy atom. The van der Waals surface area contributed by atoms with Crippen molar-refractivity contribution in [3.05, 3.63) is 45.5 Å². The zero-order chi connectivity index (χ0) is 13.0. The van der Waals surface area contributed by atoms with Crippen molar-refractivity contribution in [2.45, 2.75) is 25.7 Å². The minimum absolute atomic E-state index is 0.150. The Morgan fingerprint density at radius 3 is 2.78 bits per heavy atom. The summed E-state index contributed by atoms with van der Waals surface area (Å²) in [6, 6.07) is 4.90. The van der Waals surface area contributed by atoms with Crippen molar-refractivity contribution in [1.29, 1.82) is 0 Å². The lowest BCUT2D eigenvalue weighted by atomic mass is 9.99. The SMILES string of the molecule is O=C(NCC1=CCCCC1)c1ccc(Cl)cc1Cl. The number of allylic oxidation sites excluding steroid dienone is 1. The van der Waals surface area contributed by atoms with E-state index in [1.165, 1.54) is 18.4 Å². The highest BCUT2D eigenvalue weighted by molar-refractivity contribution is 6.36. The van der Waals surface area contributed by atoms with Crippen LogP contribution in [0.4, 0.5) is 0 Å². The lowest BCUT2D eigenvalue weighted by Crippen LogP contribution is -2.26. The summed E-state index contributed by atoms with van der Waals surface area (Å²) in [5.74, 6) is -0.150. The number of rotatable bonds is 3. The summed E-state index contributed by atoms with van der Waals surface area (Å²) in [5.41, 5.74) is 1.78. The van der Waals surface area contributed by atoms with Gasteiger partial charge in [0.2, 0.25) is 0 Å². The van der Waals surface area contributed by atoms with Gasteiger partial charge >= 0.3 is 0 Å². The third-order valence-corrected chi connectivity index (χ3v) is 3.58. The quantitative estimate of drug-likeness (QED) is 0.827. The molecule has 4 heteroatoms. The number of carbonyl (C=O) groups excluding carboxylic acids is 1. The molecule has 0 bridgehead atoms. The Bertz CT molecular complexity index is 483. The van der Waals surface area contributed by atoms with Crippen LogP contribution < -0.4 is 5.32 Å². The monoisotopic (exact) mass is 283 g/mol. The predicted octanol–water partition coefficient (Wildman–Crippen LogP) is 4.22. The van der Waals surface area contributed by atoms with Gasteiger partial charge in [-0.1, -0.05) is 34.9 Å². The summed E-state index contributed by atoms with van der Waals surface area (Å²) < 4.78 is 0. The van der Waals surface area contributed by atoms with E-state index in [0.717, 1.165) is 12.8 Å². The van der Waals surface area contributed by atoms with E-state index in [9.17, 15) is 4.79 Å². The van der Waals surface area contributed by atoms with Crippen LogP contribution in [-0.2, 0) is 0 Å². The van der Waals surface area contributed by atoms with Crippen LogP contribution in [0.2, 0.25) is 10.0 Å². The standard InChI is InChI=1S/C14H15Cl2NO/c15-11-6-7-12(13(16)8-11)14(18)17-9-10-4-2-1-3-5-10/h4,6-8H,1-3,5,9H2,(H,17,18). The lowest BCUT2D eigenvalue weighted by Gasteiger charge is -2.13.